The first-order chi connectivity index (χ1) is 17.8. The zero-order valence-corrected chi connectivity index (χ0v) is 21.0. The molecule has 1 saturated carbocycles. The van der Waals surface area contributed by atoms with Gasteiger partial charge >= 0.3 is 11.9 Å². The molecule has 0 spiro atoms. The molecule has 1 atom stereocenters. The van der Waals surface area contributed by atoms with Gasteiger partial charge in [-0.05, 0) is 31.7 Å². The fraction of sp³-hybridized carbons (Fsp3) is 0.379. The average Bonchev–Trinajstić information content (AvgIpc) is 2.88. The first-order valence-electron chi connectivity index (χ1n) is 12.8. The molecule has 3 aromatic rings. The molecule has 3 N–H and O–H groups in total. The summed E-state index contributed by atoms with van der Waals surface area (Å²) in [6.45, 7) is 1.03. The van der Waals surface area contributed by atoms with E-state index in [1.54, 1.807) is 0 Å². The Morgan fingerprint density at radius 1 is 0.946 bits per heavy atom. The van der Waals surface area contributed by atoms with Crippen molar-refractivity contribution in [2.45, 2.75) is 51.6 Å². The number of carboxylic acids is 2. The second-order valence-electron chi connectivity index (χ2n) is 9.79. The lowest BCUT2D eigenvalue weighted by Gasteiger charge is -2.29. The molecule has 1 fully saturated rings. The molecule has 0 aliphatic heterocycles. The highest BCUT2D eigenvalue weighted by molar-refractivity contribution is 6.09. The number of hydrogen-bond acceptors (Lipinski definition) is 5. The van der Waals surface area contributed by atoms with Crippen molar-refractivity contribution in [3.8, 4) is 11.3 Å². The van der Waals surface area contributed by atoms with E-state index < -0.39 is 25.0 Å². The number of rotatable bonds is 10. The van der Waals surface area contributed by atoms with Crippen LogP contribution < -0.4 is 5.32 Å². The molecule has 4 rings (SSSR count). The van der Waals surface area contributed by atoms with Crippen molar-refractivity contribution in [2.24, 2.45) is 5.92 Å². The Morgan fingerprint density at radius 2 is 1.57 bits per heavy atom. The lowest BCUT2D eigenvalue weighted by molar-refractivity contribution is -0.142. The third kappa shape index (κ3) is 6.51. The lowest BCUT2D eigenvalue weighted by atomic mass is 9.84. The van der Waals surface area contributed by atoms with Crippen molar-refractivity contribution in [2.75, 3.05) is 13.1 Å². The smallest absolute Gasteiger partial charge is 0.317 e. The van der Waals surface area contributed by atoms with Crippen molar-refractivity contribution in [3.63, 3.8) is 0 Å². The molecule has 1 unspecified atom stereocenters. The number of pyridine rings is 1. The first-order valence-corrected chi connectivity index (χ1v) is 12.8. The minimum atomic E-state index is -1.15. The monoisotopic (exact) mass is 503 g/mol. The van der Waals surface area contributed by atoms with E-state index >= 15 is 0 Å². The van der Waals surface area contributed by atoms with Crippen molar-refractivity contribution >= 4 is 28.7 Å². The summed E-state index contributed by atoms with van der Waals surface area (Å²) in [5, 5.41) is 22.8. The molecular formula is C29H33N3O5. The van der Waals surface area contributed by atoms with Crippen LogP contribution in [0.1, 0.15) is 54.9 Å². The van der Waals surface area contributed by atoms with Crippen LogP contribution in [0.5, 0.6) is 0 Å². The van der Waals surface area contributed by atoms with E-state index in [1.807, 2.05) is 61.5 Å². The number of benzene rings is 2. The van der Waals surface area contributed by atoms with E-state index in [0.29, 0.717) is 33.6 Å². The Labute approximate surface area is 216 Å². The molecule has 8 heteroatoms. The van der Waals surface area contributed by atoms with Crippen molar-refractivity contribution in [1.29, 1.82) is 0 Å². The number of aromatic nitrogens is 1. The molecule has 1 amide bonds. The van der Waals surface area contributed by atoms with Gasteiger partial charge in [0.1, 0.15) is 0 Å². The maximum absolute atomic E-state index is 14.0. The summed E-state index contributed by atoms with van der Waals surface area (Å²) >= 11 is 0. The Morgan fingerprint density at radius 3 is 2.22 bits per heavy atom. The predicted molar refractivity (Wildman–Crippen MR) is 141 cm³/mol. The van der Waals surface area contributed by atoms with E-state index in [2.05, 4.69) is 5.32 Å². The van der Waals surface area contributed by atoms with Crippen molar-refractivity contribution < 1.29 is 24.6 Å². The number of aliphatic carboxylic acids is 2. The predicted octanol–water partition coefficient (Wildman–Crippen LogP) is 4.57. The second kappa shape index (κ2) is 12.0. The number of nitrogens with one attached hydrogen (secondary N) is 1. The molecule has 1 aromatic heterocycles. The largest absolute Gasteiger partial charge is 0.480 e. The van der Waals surface area contributed by atoms with Crippen LogP contribution in [0, 0.1) is 5.92 Å². The fourth-order valence-corrected chi connectivity index (χ4v) is 5.30. The number of fused-ring (bicyclic) bond motifs is 1. The highest BCUT2D eigenvalue weighted by atomic mass is 16.4. The summed E-state index contributed by atoms with van der Waals surface area (Å²) in [6, 6.07) is 16.7. The summed E-state index contributed by atoms with van der Waals surface area (Å²) in [7, 11) is 0. The summed E-state index contributed by atoms with van der Waals surface area (Å²) in [5.41, 5.74) is 2.87. The van der Waals surface area contributed by atoms with Gasteiger partial charge in [0, 0.05) is 29.1 Å². The SMILES string of the molecule is CC(NC(=O)c1c(CN(CC(=O)O)CC(=O)O)c(-c2ccccc2)nc2ccccc12)C1CCCCC1. The first kappa shape index (κ1) is 26.3. The number of para-hydroxylation sites is 1. The normalized spacial score (nSPS) is 15.0. The van der Waals surface area contributed by atoms with Gasteiger partial charge in [-0.25, -0.2) is 4.98 Å². The van der Waals surface area contributed by atoms with Gasteiger partial charge in [0.05, 0.1) is 29.9 Å². The van der Waals surface area contributed by atoms with Gasteiger partial charge < -0.3 is 15.5 Å². The maximum Gasteiger partial charge on any atom is 0.317 e. The quantitative estimate of drug-likeness (QED) is 0.371. The number of nitrogens with zero attached hydrogens (tertiary/aromatic N) is 2. The zero-order valence-electron chi connectivity index (χ0n) is 21.0. The van der Waals surface area contributed by atoms with Gasteiger partial charge in [-0.15, -0.1) is 0 Å². The molecule has 1 aliphatic carbocycles. The van der Waals surface area contributed by atoms with Crippen molar-refractivity contribution in [1.82, 2.24) is 15.2 Å². The molecule has 1 heterocycles. The van der Waals surface area contributed by atoms with Crippen LogP contribution in [-0.2, 0) is 16.1 Å². The number of carbonyl (C=O) groups is 3. The summed E-state index contributed by atoms with van der Waals surface area (Å²) < 4.78 is 0. The van der Waals surface area contributed by atoms with Gasteiger partial charge in [0.25, 0.3) is 5.91 Å². The van der Waals surface area contributed by atoms with Crippen LogP contribution in [0.2, 0.25) is 0 Å². The molecule has 0 bridgehead atoms. The molecule has 0 saturated heterocycles. The third-order valence-corrected chi connectivity index (χ3v) is 7.08. The summed E-state index contributed by atoms with van der Waals surface area (Å²) in [5.74, 6) is -2.14. The van der Waals surface area contributed by atoms with E-state index in [1.165, 1.54) is 11.3 Å². The summed E-state index contributed by atoms with van der Waals surface area (Å²) in [6.07, 6.45) is 5.69. The Balaban J connectivity index is 1.85. The Hall–Kier alpha value is -3.78. The van der Waals surface area contributed by atoms with Crippen LogP contribution in [0.25, 0.3) is 22.2 Å². The molecule has 1 aliphatic rings. The van der Waals surface area contributed by atoms with Crippen LogP contribution in [-0.4, -0.2) is 57.1 Å². The lowest BCUT2D eigenvalue weighted by Crippen LogP contribution is -2.40. The molecule has 2 aromatic carbocycles. The molecule has 8 nitrogen and oxygen atoms in total. The van der Waals surface area contributed by atoms with Gasteiger partial charge in [-0.2, -0.15) is 0 Å². The van der Waals surface area contributed by atoms with E-state index in [9.17, 15) is 24.6 Å². The highest BCUT2D eigenvalue weighted by Gasteiger charge is 2.27. The van der Waals surface area contributed by atoms with Gasteiger partial charge in [0.15, 0.2) is 0 Å². The summed E-state index contributed by atoms with van der Waals surface area (Å²) in [4.78, 5) is 43.2. The Kier molecular flexibility index (Phi) is 8.50. The molecular weight excluding hydrogens is 470 g/mol. The average molecular weight is 504 g/mol. The van der Waals surface area contributed by atoms with Crippen LogP contribution in [0.15, 0.2) is 54.6 Å². The standard InChI is InChI=1S/C29H33N3O5/c1-19(20-10-4-2-5-11-20)30-29(37)27-22-14-8-9-15-24(22)31-28(21-12-6-3-7-13-21)23(27)16-32(17-25(33)34)18-26(35)36/h3,6-9,12-15,19-20H,2,4-5,10-11,16-18H2,1H3,(H,30,37)(H,33,34)(H,35,36). The van der Waals surface area contributed by atoms with Crippen LogP contribution in [0.3, 0.4) is 0 Å². The highest BCUT2D eigenvalue weighted by Crippen LogP contribution is 2.32. The number of carbonyl (C=O) groups excluding carboxylic acids is 1. The molecule has 194 valence electrons. The van der Waals surface area contributed by atoms with E-state index in [0.717, 1.165) is 31.2 Å². The van der Waals surface area contributed by atoms with E-state index in [4.69, 9.17) is 4.98 Å². The van der Waals surface area contributed by atoms with Gasteiger partial charge in [-0.3, -0.25) is 19.3 Å². The zero-order chi connectivity index (χ0) is 26.4. The van der Waals surface area contributed by atoms with Crippen LogP contribution in [0.4, 0.5) is 0 Å². The maximum atomic E-state index is 14.0. The molecule has 37 heavy (non-hydrogen) atoms. The van der Waals surface area contributed by atoms with Gasteiger partial charge in [0.2, 0.25) is 0 Å². The topological polar surface area (TPSA) is 120 Å². The molecule has 0 radical (unpaired) electrons. The minimum Gasteiger partial charge on any atom is -0.480 e. The fourth-order valence-electron chi connectivity index (χ4n) is 5.30. The van der Waals surface area contributed by atoms with Crippen LogP contribution >= 0.6 is 0 Å². The van der Waals surface area contributed by atoms with Crippen molar-refractivity contribution in [3.05, 3.63) is 65.7 Å². The number of carboxylic acid groups (broad SMARTS) is 2. The minimum absolute atomic E-state index is 0.0260. The van der Waals surface area contributed by atoms with E-state index in [-0.39, 0.29) is 18.5 Å². The number of hydrogen-bond donors (Lipinski definition) is 3. The Bertz CT molecular complexity index is 1260. The number of amides is 1. The third-order valence-electron chi connectivity index (χ3n) is 7.08. The second-order valence-corrected chi connectivity index (χ2v) is 9.79. The van der Waals surface area contributed by atoms with Gasteiger partial charge in [-0.1, -0.05) is 67.8 Å².